The van der Waals surface area contributed by atoms with Crippen molar-refractivity contribution in [2.75, 3.05) is 4.93 Å². The Morgan fingerprint density at radius 1 is 1.08 bits per heavy atom. The number of hydrogen-bond donors (Lipinski definition) is 0. The first-order chi connectivity index (χ1) is 11.7. The van der Waals surface area contributed by atoms with E-state index in [4.69, 9.17) is 0 Å². The van der Waals surface area contributed by atoms with E-state index in [0.717, 1.165) is 17.8 Å². The van der Waals surface area contributed by atoms with E-state index in [2.05, 4.69) is 48.0 Å². The first kappa shape index (κ1) is 15.4. The van der Waals surface area contributed by atoms with Crippen LogP contribution in [0, 0.1) is 0 Å². The molecule has 0 atom stereocenters. The zero-order valence-corrected chi connectivity index (χ0v) is 15.7. The van der Waals surface area contributed by atoms with Crippen molar-refractivity contribution >= 4 is 32.8 Å². The maximum Gasteiger partial charge on any atom is 0.258 e. The van der Waals surface area contributed by atoms with Crippen LogP contribution in [0.15, 0.2) is 72.1 Å². The molecule has 1 amide bonds. The second-order valence-corrected chi connectivity index (χ2v) is 10.5. The van der Waals surface area contributed by atoms with E-state index in [0.29, 0.717) is 6.54 Å². The van der Waals surface area contributed by atoms with Crippen molar-refractivity contribution in [2.24, 2.45) is 0 Å². The fraction of sp³-hybridized carbons (Fsp3) is 0.150. The van der Waals surface area contributed by atoms with Gasteiger partial charge in [0.2, 0.25) is 0 Å². The van der Waals surface area contributed by atoms with Gasteiger partial charge in [-0.3, -0.25) is 4.79 Å². The normalized spacial score (nSPS) is 17.3. The number of benzene rings is 1. The van der Waals surface area contributed by atoms with E-state index in [1.165, 1.54) is 11.3 Å². The Morgan fingerprint density at radius 2 is 1.92 bits per heavy atom. The fourth-order valence-corrected chi connectivity index (χ4v) is 5.90. The van der Waals surface area contributed by atoms with Crippen LogP contribution in [-0.4, -0.2) is 28.3 Å². The van der Waals surface area contributed by atoms with Gasteiger partial charge < -0.3 is 9.47 Å². The SMILES string of the molecule is CI1=CC=CC2=C(C=1)Cn1cccc1CN2C(=O)c1ccccc1. The van der Waals surface area contributed by atoms with Crippen LogP contribution in [0.5, 0.6) is 0 Å². The van der Waals surface area contributed by atoms with Gasteiger partial charge in [0, 0.05) is 35.3 Å². The molecule has 1 aromatic heterocycles. The Bertz CT molecular complexity index is 941. The minimum atomic E-state index is -1.20. The molecule has 0 bridgehead atoms. The Hall–Kier alpha value is -2.08. The van der Waals surface area contributed by atoms with Gasteiger partial charge >= 0.3 is 0 Å². The minimum Gasteiger partial charge on any atom is -0.345 e. The van der Waals surface area contributed by atoms with Crippen LogP contribution in [0.25, 0.3) is 0 Å². The van der Waals surface area contributed by atoms with Crippen LogP contribution < -0.4 is 0 Å². The van der Waals surface area contributed by atoms with Crippen molar-refractivity contribution in [3.63, 3.8) is 0 Å². The number of carbonyl (C=O) groups is 1. The minimum absolute atomic E-state index is 0.0640. The number of amides is 1. The number of nitrogens with zero attached hydrogens (tertiary/aromatic N) is 2. The highest BCUT2D eigenvalue weighted by atomic mass is 127. The molecule has 2 aliphatic heterocycles. The van der Waals surface area contributed by atoms with Crippen LogP contribution in [0.4, 0.5) is 0 Å². The maximum atomic E-state index is 13.2. The fourth-order valence-electron chi connectivity index (χ4n) is 3.12. The molecule has 2 aromatic rings. The Labute approximate surface area is 148 Å². The molecule has 0 saturated heterocycles. The molecule has 4 rings (SSSR count). The van der Waals surface area contributed by atoms with Gasteiger partial charge in [0.15, 0.2) is 0 Å². The van der Waals surface area contributed by atoms with E-state index in [-0.39, 0.29) is 5.91 Å². The second kappa shape index (κ2) is 6.43. The summed E-state index contributed by atoms with van der Waals surface area (Å²) < 4.78 is 6.99. The molecule has 0 N–H and O–H groups in total. The molecule has 3 heterocycles. The lowest BCUT2D eigenvalue weighted by Crippen LogP contribution is -2.29. The number of halogens is 1. The molecule has 0 radical (unpaired) electrons. The zero-order chi connectivity index (χ0) is 16.5. The maximum absolute atomic E-state index is 13.2. The highest BCUT2D eigenvalue weighted by Crippen LogP contribution is 2.27. The number of fused-ring (bicyclic) bond motifs is 1. The van der Waals surface area contributed by atoms with Crippen molar-refractivity contribution < 1.29 is 4.79 Å². The second-order valence-electron chi connectivity index (χ2n) is 5.95. The summed E-state index contributed by atoms with van der Waals surface area (Å²) in [6.07, 6.45) is 6.35. The summed E-state index contributed by atoms with van der Waals surface area (Å²) >= 11 is -1.20. The van der Waals surface area contributed by atoms with Crippen LogP contribution in [0.2, 0.25) is 0 Å². The van der Waals surface area contributed by atoms with Crippen LogP contribution in [0.1, 0.15) is 16.1 Å². The Morgan fingerprint density at radius 3 is 2.75 bits per heavy atom. The molecule has 0 fully saturated rings. The van der Waals surface area contributed by atoms with Gasteiger partial charge in [-0.05, 0) is 43.3 Å². The first-order valence-electron chi connectivity index (χ1n) is 7.90. The van der Waals surface area contributed by atoms with Gasteiger partial charge in [0.25, 0.3) is 5.91 Å². The van der Waals surface area contributed by atoms with E-state index in [1.807, 2.05) is 35.2 Å². The predicted octanol–water partition coefficient (Wildman–Crippen LogP) is 3.71. The lowest BCUT2D eigenvalue weighted by molar-refractivity contribution is 0.0800. The molecular weight excluding hydrogens is 411 g/mol. The van der Waals surface area contributed by atoms with Crippen molar-refractivity contribution in [3.8, 4) is 0 Å². The third-order valence-corrected chi connectivity index (χ3v) is 7.58. The smallest absolute Gasteiger partial charge is 0.258 e. The molecule has 3 nitrogen and oxygen atoms in total. The van der Waals surface area contributed by atoms with Gasteiger partial charge in [0.1, 0.15) is 0 Å². The van der Waals surface area contributed by atoms with Gasteiger partial charge in [-0.1, -0.05) is 24.3 Å². The zero-order valence-electron chi connectivity index (χ0n) is 13.5. The molecule has 24 heavy (non-hydrogen) atoms. The van der Waals surface area contributed by atoms with Gasteiger partial charge in [-0.2, -0.15) is 18.9 Å². The quantitative estimate of drug-likeness (QED) is 0.501. The first-order valence-corrected chi connectivity index (χ1v) is 12.5. The summed E-state index contributed by atoms with van der Waals surface area (Å²) in [6.45, 7) is 1.45. The number of rotatable bonds is 1. The van der Waals surface area contributed by atoms with Crippen LogP contribution >= 0.6 is 18.9 Å². The Balaban J connectivity index is 1.85. The average Bonchev–Trinajstić information content (AvgIpc) is 2.87. The molecule has 0 saturated carbocycles. The average molecular weight is 430 g/mol. The molecule has 0 spiro atoms. The molecule has 2 aliphatic rings. The van der Waals surface area contributed by atoms with Crippen molar-refractivity contribution in [3.05, 3.63) is 83.3 Å². The molecule has 0 unspecified atom stereocenters. The van der Waals surface area contributed by atoms with E-state index >= 15 is 0 Å². The summed E-state index contributed by atoms with van der Waals surface area (Å²) in [5.41, 5.74) is 4.23. The van der Waals surface area contributed by atoms with Gasteiger partial charge in [-0.25, -0.2) is 0 Å². The van der Waals surface area contributed by atoms with Crippen molar-refractivity contribution in [1.82, 2.24) is 9.47 Å². The lowest BCUT2D eigenvalue weighted by Gasteiger charge is -2.23. The highest BCUT2D eigenvalue weighted by Gasteiger charge is 2.25. The number of carbonyl (C=O) groups excluding carboxylic acids is 1. The monoisotopic (exact) mass is 430 g/mol. The summed E-state index contributed by atoms with van der Waals surface area (Å²) in [5, 5.41) is 0. The van der Waals surface area contributed by atoms with E-state index in [9.17, 15) is 4.79 Å². The molecule has 0 aliphatic carbocycles. The summed E-state index contributed by atoms with van der Waals surface area (Å²) in [4.78, 5) is 17.4. The van der Waals surface area contributed by atoms with Gasteiger partial charge in [-0.15, -0.1) is 0 Å². The van der Waals surface area contributed by atoms with Crippen LogP contribution in [-0.2, 0) is 13.1 Å². The highest BCUT2D eigenvalue weighted by molar-refractivity contribution is 14.2. The summed E-state index contributed by atoms with van der Waals surface area (Å²) in [5.74, 6) is 0.0640. The van der Waals surface area contributed by atoms with E-state index in [1.54, 1.807) is 0 Å². The standard InChI is InChI=1S/C20H19IN2O/c1-21-11-5-10-19-17(13-21)14-22-12-6-9-18(22)15-23(19)20(24)16-7-3-2-4-8-16/h2-13H,14-15H2,1H3. The number of hydrogen-bond acceptors (Lipinski definition) is 1. The topological polar surface area (TPSA) is 25.2 Å². The van der Waals surface area contributed by atoms with Gasteiger partial charge in [0.05, 0.1) is 6.54 Å². The summed E-state index contributed by atoms with van der Waals surface area (Å²) in [7, 11) is 0. The number of allylic oxidation sites excluding steroid dienone is 3. The predicted molar refractivity (Wildman–Crippen MR) is 109 cm³/mol. The Kier molecular flexibility index (Phi) is 4.14. The molecule has 122 valence electrons. The van der Waals surface area contributed by atoms with Crippen molar-refractivity contribution in [2.45, 2.75) is 13.1 Å². The number of aromatic nitrogens is 1. The molecule has 4 heteroatoms. The van der Waals surface area contributed by atoms with Crippen molar-refractivity contribution in [1.29, 1.82) is 0 Å². The third kappa shape index (κ3) is 2.86. The number of alkyl halides is 1. The largest absolute Gasteiger partial charge is 0.345 e. The third-order valence-electron chi connectivity index (χ3n) is 4.30. The lowest BCUT2D eigenvalue weighted by atomic mass is 10.1. The van der Waals surface area contributed by atoms with Crippen LogP contribution in [0.3, 0.4) is 0 Å². The molecular formula is C20H19IN2O. The molecule has 1 aromatic carbocycles. The summed E-state index contributed by atoms with van der Waals surface area (Å²) in [6, 6.07) is 13.7. The van der Waals surface area contributed by atoms with E-state index < -0.39 is 18.9 Å².